The first-order chi connectivity index (χ1) is 19.7. The number of ether oxygens (including phenoxy) is 3. The molecule has 2 rings (SSSR count). The molecule has 1 aromatic rings. The number of nitrogens with zero attached hydrogens (tertiary/aromatic N) is 1. The number of carbonyl (C=O) groups excluding carboxylic acids is 4. The second-order valence-electron chi connectivity index (χ2n) is 8.49. The van der Waals surface area contributed by atoms with E-state index >= 15 is 0 Å². The van der Waals surface area contributed by atoms with E-state index in [4.69, 9.17) is 35.4 Å². The van der Waals surface area contributed by atoms with E-state index in [1.807, 2.05) is 38.1 Å². The van der Waals surface area contributed by atoms with Crippen LogP contribution in [0.15, 0.2) is 46.6 Å². The van der Waals surface area contributed by atoms with E-state index in [0.29, 0.717) is 41.5 Å². The largest absolute Gasteiger partial charge is 0.465 e. The number of benzene rings is 1. The molecule has 1 aromatic carbocycles. The van der Waals surface area contributed by atoms with Gasteiger partial charge in [0.25, 0.3) is 5.09 Å². The Morgan fingerprint density at radius 1 is 1.10 bits per heavy atom. The van der Waals surface area contributed by atoms with Gasteiger partial charge in [0.1, 0.15) is 13.2 Å². The maximum Gasteiger partial charge on any atom is 0.373 e. The van der Waals surface area contributed by atoms with Gasteiger partial charge in [-0.05, 0) is 50.8 Å². The summed E-state index contributed by atoms with van der Waals surface area (Å²) in [6.45, 7) is 7.00. The molecule has 14 heteroatoms. The summed E-state index contributed by atoms with van der Waals surface area (Å²) in [6.07, 6.45) is 1.57. The molecular formula is C27H34ClNO10S2. The summed E-state index contributed by atoms with van der Waals surface area (Å²) in [4.78, 5) is 55.5. The van der Waals surface area contributed by atoms with Gasteiger partial charge in [-0.25, -0.2) is 4.79 Å². The molecule has 0 saturated carbocycles. The lowest BCUT2D eigenvalue weighted by molar-refractivity contribution is -0.756. The Hall–Kier alpha value is -2.83. The highest BCUT2D eigenvalue weighted by Crippen LogP contribution is 2.44. The second-order valence-corrected chi connectivity index (χ2v) is 11.6. The highest BCUT2D eigenvalue weighted by Gasteiger charge is 2.34. The summed E-state index contributed by atoms with van der Waals surface area (Å²) in [5.41, 5.74) is 4.52. The Labute approximate surface area is 251 Å². The van der Waals surface area contributed by atoms with Gasteiger partial charge in [-0.15, -0.1) is 10.1 Å². The third-order valence-corrected chi connectivity index (χ3v) is 8.47. The summed E-state index contributed by atoms with van der Waals surface area (Å²) in [7, 11) is 2.88. The van der Waals surface area contributed by atoms with Crippen LogP contribution in [-0.4, -0.2) is 67.7 Å². The van der Waals surface area contributed by atoms with E-state index in [0.717, 1.165) is 22.3 Å². The van der Waals surface area contributed by atoms with Gasteiger partial charge in [-0.3, -0.25) is 4.79 Å². The minimum atomic E-state index is -0.821. The first-order valence-corrected chi connectivity index (χ1v) is 15.6. The SMILES string of the molecule is CCOC(=O)C1=C(COCCCC(=O)OCCSSCCO[N+](=O)[O-])CC(C)=C(C)C1c1ccccc1Cl.O=C=O. The van der Waals surface area contributed by atoms with Crippen LogP contribution < -0.4 is 0 Å². The lowest BCUT2D eigenvalue weighted by atomic mass is 9.75. The summed E-state index contributed by atoms with van der Waals surface area (Å²) >= 11 is 6.52. The number of hydrogen-bond donors (Lipinski definition) is 0. The number of esters is 2. The number of rotatable bonds is 17. The predicted octanol–water partition coefficient (Wildman–Crippen LogP) is 5.37. The van der Waals surface area contributed by atoms with Crippen LogP contribution in [0.1, 0.15) is 51.5 Å². The summed E-state index contributed by atoms with van der Waals surface area (Å²) in [6, 6.07) is 7.51. The van der Waals surface area contributed by atoms with Crippen molar-refractivity contribution in [2.75, 3.05) is 44.5 Å². The standard InChI is InChI=1S/C26H34ClNO8S2.CO2/c1-4-34-26(30)25-20(16-18(2)19(3)24(25)21-8-5-6-9-22(21)27)17-33-11-7-10-23(29)35-12-14-37-38-15-13-36-28(31)32;2-1-3/h5-6,8-9,24H,4,7,10-17H2,1-3H3;. The third kappa shape index (κ3) is 13.6. The van der Waals surface area contributed by atoms with Crippen molar-refractivity contribution in [2.45, 2.75) is 46.0 Å². The van der Waals surface area contributed by atoms with Crippen LogP contribution >= 0.6 is 33.2 Å². The van der Waals surface area contributed by atoms with Crippen LogP contribution in [0.4, 0.5) is 0 Å². The molecule has 0 aromatic heterocycles. The van der Waals surface area contributed by atoms with E-state index in [-0.39, 0.29) is 56.9 Å². The normalized spacial score (nSPS) is 14.5. The maximum atomic E-state index is 13.1. The van der Waals surface area contributed by atoms with Crippen molar-refractivity contribution >= 4 is 51.3 Å². The van der Waals surface area contributed by atoms with Crippen LogP contribution in [-0.2, 0) is 38.2 Å². The Kier molecular flexibility index (Phi) is 18.5. The molecule has 0 fully saturated rings. The van der Waals surface area contributed by atoms with E-state index in [1.165, 1.54) is 21.6 Å². The summed E-state index contributed by atoms with van der Waals surface area (Å²) in [5, 5.41) is 9.83. The van der Waals surface area contributed by atoms with E-state index in [2.05, 4.69) is 4.84 Å². The van der Waals surface area contributed by atoms with Gasteiger partial charge in [0.15, 0.2) is 0 Å². The van der Waals surface area contributed by atoms with Gasteiger partial charge in [-0.2, -0.15) is 9.59 Å². The van der Waals surface area contributed by atoms with Crippen LogP contribution in [0.5, 0.6) is 0 Å². The molecule has 1 aliphatic rings. The van der Waals surface area contributed by atoms with E-state index in [9.17, 15) is 19.7 Å². The fourth-order valence-corrected chi connectivity index (χ4v) is 5.85. The van der Waals surface area contributed by atoms with Crippen molar-refractivity contribution in [2.24, 2.45) is 0 Å². The molecule has 1 aliphatic carbocycles. The van der Waals surface area contributed by atoms with Gasteiger partial charge in [0.05, 0.1) is 18.8 Å². The highest BCUT2D eigenvalue weighted by molar-refractivity contribution is 8.76. The zero-order chi connectivity index (χ0) is 30.6. The second kappa shape index (κ2) is 21.0. The Morgan fingerprint density at radius 2 is 1.76 bits per heavy atom. The first kappa shape index (κ1) is 36.2. The highest BCUT2D eigenvalue weighted by atomic mass is 35.5. The summed E-state index contributed by atoms with van der Waals surface area (Å²) < 4.78 is 16.5. The van der Waals surface area contributed by atoms with Crippen molar-refractivity contribution in [1.82, 2.24) is 0 Å². The van der Waals surface area contributed by atoms with Crippen molar-refractivity contribution in [3.63, 3.8) is 0 Å². The monoisotopic (exact) mass is 631 g/mol. The van der Waals surface area contributed by atoms with Gasteiger partial charge in [-0.1, -0.05) is 62.5 Å². The first-order valence-electron chi connectivity index (χ1n) is 12.7. The third-order valence-electron chi connectivity index (χ3n) is 5.79. The fraction of sp³-hybridized carbons (Fsp3) is 0.519. The van der Waals surface area contributed by atoms with E-state index < -0.39 is 5.09 Å². The Bertz CT molecular complexity index is 1120. The average Bonchev–Trinajstić information content (AvgIpc) is 2.92. The van der Waals surface area contributed by atoms with Gasteiger partial charge < -0.3 is 19.0 Å². The minimum Gasteiger partial charge on any atom is -0.465 e. The molecule has 0 radical (unpaired) electrons. The molecule has 1 atom stereocenters. The van der Waals surface area contributed by atoms with Gasteiger partial charge in [0, 0.05) is 35.5 Å². The molecule has 0 bridgehead atoms. The molecular weight excluding hydrogens is 598 g/mol. The zero-order valence-electron chi connectivity index (χ0n) is 23.2. The minimum absolute atomic E-state index is 0.0265. The molecule has 226 valence electrons. The Morgan fingerprint density at radius 3 is 2.39 bits per heavy atom. The van der Waals surface area contributed by atoms with Crippen molar-refractivity contribution in [3.8, 4) is 0 Å². The number of allylic oxidation sites excluding steroid dienone is 2. The van der Waals surface area contributed by atoms with E-state index in [1.54, 1.807) is 6.92 Å². The van der Waals surface area contributed by atoms with Gasteiger partial charge in [0.2, 0.25) is 0 Å². The lowest BCUT2D eigenvalue weighted by Crippen LogP contribution is -2.24. The summed E-state index contributed by atoms with van der Waals surface area (Å²) in [5.74, 6) is 0.0663. The van der Waals surface area contributed by atoms with Crippen molar-refractivity contribution in [3.05, 3.63) is 67.3 Å². The molecule has 0 heterocycles. The predicted molar refractivity (Wildman–Crippen MR) is 155 cm³/mol. The van der Waals surface area contributed by atoms with Crippen LogP contribution in [0.25, 0.3) is 0 Å². The lowest BCUT2D eigenvalue weighted by Gasteiger charge is -2.31. The van der Waals surface area contributed by atoms with Crippen LogP contribution in [0, 0.1) is 10.1 Å². The fourth-order valence-electron chi connectivity index (χ4n) is 3.96. The molecule has 0 saturated heterocycles. The molecule has 0 spiro atoms. The topological polar surface area (TPSA) is 148 Å². The zero-order valence-corrected chi connectivity index (χ0v) is 25.6. The number of hydrogen-bond acceptors (Lipinski definition) is 12. The van der Waals surface area contributed by atoms with Gasteiger partial charge >= 0.3 is 18.1 Å². The van der Waals surface area contributed by atoms with Crippen LogP contribution in [0.3, 0.4) is 0 Å². The molecule has 0 amide bonds. The maximum absolute atomic E-state index is 13.1. The van der Waals surface area contributed by atoms with Crippen LogP contribution in [0.2, 0.25) is 5.02 Å². The number of halogens is 1. The average molecular weight is 632 g/mol. The molecule has 1 unspecified atom stereocenters. The van der Waals surface area contributed by atoms with Crippen molar-refractivity contribution in [1.29, 1.82) is 0 Å². The molecule has 41 heavy (non-hydrogen) atoms. The Balaban J connectivity index is 0.00000268. The molecule has 0 N–H and O–H groups in total. The smallest absolute Gasteiger partial charge is 0.373 e. The quantitative estimate of drug-likeness (QED) is 0.0543. The van der Waals surface area contributed by atoms with Crippen molar-refractivity contribution < 1.29 is 43.3 Å². The molecule has 11 nitrogen and oxygen atoms in total. The number of carbonyl (C=O) groups is 2. The molecule has 0 aliphatic heterocycles.